The fourth-order valence-corrected chi connectivity index (χ4v) is 4.07. The third-order valence-electron chi connectivity index (χ3n) is 5.21. The molecule has 4 unspecified atom stereocenters. The molecule has 0 radical (unpaired) electrons. The van der Waals surface area contributed by atoms with Crippen molar-refractivity contribution < 1.29 is 28.6 Å². The van der Waals surface area contributed by atoms with Crippen LogP contribution in [0.1, 0.15) is 32.3 Å². The topological polar surface area (TPSA) is 115 Å². The second-order valence-electron chi connectivity index (χ2n) is 6.89. The number of rotatable bonds is 5. The number of allylic oxidation sites excluding steroid dienone is 1. The van der Waals surface area contributed by atoms with Gasteiger partial charge in [0.05, 0.1) is 25.8 Å². The lowest BCUT2D eigenvalue weighted by Gasteiger charge is -2.45. The minimum absolute atomic E-state index is 0.0376. The Balaban J connectivity index is 2.93. The summed E-state index contributed by atoms with van der Waals surface area (Å²) in [6.45, 7) is 4.60. The van der Waals surface area contributed by atoms with Crippen molar-refractivity contribution in [3.8, 4) is 6.07 Å². The molecule has 1 aliphatic rings. The summed E-state index contributed by atoms with van der Waals surface area (Å²) >= 11 is 6.43. The Labute approximate surface area is 179 Å². The predicted octanol–water partition coefficient (Wildman–Crippen LogP) is 2.48. The molecule has 0 amide bonds. The number of hydrogen-bond donors (Lipinski definition) is 1. The Morgan fingerprint density at radius 1 is 1.20 bits per heavy atom. The van der Waals surface area contributed by atoms with Gasteiger partial charge in [0.1, 0.15) is 6.07 Å². The van der Waals surface area contributed by atoms with Gasteiger partial charge in [0.2, 0.25) is 0 Å². The molecule has 2 rings (SSSR count). The maximum atomic E-state index is 13.4. The maximum Gasteiger partial charge on any atom is 0.336 e. The number of carbonyl (C=O) groups is 3. The molecule has 1 heterocycles. The van der Waals surface area contributed by atoms with Crippen LogP contribution in [0.15, 0.2) is 35.5 Å². The van der Waals surface area contributed by atoms with E-state index in [-0.39, 0.29) is 10.6 Å². The van der Waals surface area contributed by atoms with E-state index in [0.29, 0.717) is 11.3 Å². The molecule has 1 N–H and O–H groups in total. The highest BCUT2D eigenvalue weighted by molar-refractivity contribution is 6.31. The van der Waals surface area contributed by atoms with Crippen LogP contribution < -0.4 is 5.32 Å². The van der Waals surface area contributed by atoms with E-state index in [1.807, 2.05) is 0 Å². The van der Waals surface area contributed by atoms with Gasteiger partial charge in [-0.1, -0.05) is 29.8 Å². The lowest BCUT2D eigenvalue weighted by atomic mass is 9.62. The van der Waals surface area contributed by atoms with E-state index in [1.54, 1.807) is 44.2 Å². The largest absolute Gasteiger partial charge is 0.468 e. The van der Waals surface area contributed by atoms with Crippen molar-refractivity contribution in [1.82, 2.24) is 5.32 Å². The SMILES string of the molecule is COC(=O)C1=C(C)NC(C)C(C(=O)OC)(C(=O)OC(C)C#N)C1c1ccccc1Cl. The summed E-state index contributed by atoms with van der Waals surface area (Å²) in [6.07, 6.45) is -1.13. The Bertz CT molecular complexity index is 938. The average molecular weight is 435 g/mol. The first kappa shape index (κ1) is 23.2. The Kier molecular flexibility index (Phi) is 7.11. The lowest BCUT2D eigenvalue weighted by Crippen LogP contribution is -2.61. The minimum Gasteiger partial charge on any atom is -0.468 e. The van der Waals surface area contributed by atoms with Crippen LogP contribution in [0.2, 0.25) is 5.02 Å². The van der Waals surface area contributed by atoms with E-state index in [2.05, 4.69) is 5.32 Å². The molecule has 1 aromatic rings. The molecule has 160 valence electrons. The number of hydrogen-bond acceptors (Lipinski definition) is 8. The fourth-order valence-electron chi connectivity index (χ4n) is 3.83. The quantitative estimate of drug-likeness (QED) is 0.427. The van der Waals surface area contributed by atoms with Gasteiger partial charge in [-0.15, -0.1) is 0 Å². The fraction of sp³-hybridized carbons (Fsp3) is 0.429. The van der Waals surface area contributed by atoms with Gasteiger partial charge in [0, 0.05) is 16.6 Å². The van der Waals surface area contributed by atoms with E-state index in [0.717, 1.165) is 7.11 Å². The molecule has 30 heavy (non-hydrogen) atoms. The van der Waals surface area contributed by atoms with Gasteiger partial charge in [-0.25, -0.2) is 4.79 Å². The Morgan fingerprint density at radius 3 is 2.37 bits per heavy atom. The molecule has 0 bridgehead atoms. The third-order valence-corrected chi connectivity index (χ3v) is 5.56. The van der Waals surface area contributed by atoms with Crippen LogP contribution in [0.5, 0.6) is 0 Å². The smallest absolute Gasteiger partial charge is 0.336 e. The van der Waals surface area contributed by atoms with Gasteiger partial charge in [0.15, 0.2) is 11.5 Å². The zero-order valence-electron chi connectivity index (χ0n) is 17.3. The summed E-state index contributed by atoms with van der Waals surface area (Å²) in [5.74, 6) is -3.87. The molecule has 1 aromatic carbocycles. The number of methoxy groups -OCH3 is 2. The van der Waals surface area contributed by atoms with E-state index in [4.69, 9.17) is 31.1 Å². The molecule has 9 heteroatoms. The molecular weight excluding hydrogens is 412 g/mol. The Morgan fingerprint density at radius 2 is 1.83 bits per heavy atom. The number of carbonyl (C=O) groups excluding carboxylic acids is 3. The van der Waals surface area contributed by atoms with Crippen molar-refractivity contribution in [2.75, 3.05) is 14.2 Å². The van der Waals surface area contributed by atoms with E-state index < -0.39 is 41.4 Å². The normalized spacial score (nSPS) is 24.2. The van der Waals surface area contributed by atoms with Crippen LogP contribution in [0.25, 0.3) is 0 Å². The molecule has 0 saturated heterocycles. The molecule has 0 aromatic heterocycles. The van der Waals surface area contributed by atoms with Gasteiger partial charge in [0.25, 0.3) is 0 Å². The van der Waals surface area contributed by atoms with E-state index in [1.165, 1.54) is 14.0 Å². The maximum absolute atomic E-state index is 13.4. The second kappa shape index (κ2) is 9.18. The first-order valence-corrected chi connectivity index (χ1v) is 9.53. The zero-order chi connectivity index (χ0) is 22.6. The zero-order valence-corrected chi connectivity index (χ0v) is 18.1. The molecular formula is C21H23ClN2O6. The number of ether oxygens (including phenoxy) is 3. The number of esters is 3. The standard InChI is InChI=1S/C21H23ClN2O6/c1-11(10-23)30-20(27)21(19(26)29-5)13(3)24-12(2)16(18(25)28-4)17(21)14-8-6-7-9-15(14)22/h6-9,11,13,17,24H,1-5H3. The number of nitriles is 1. The summed E-state index contributed by atoms with van der Waals surface area (Å²) in [6, 6.07) is 7.48. The van der Waals surface area contributed by atoms with Crippen molar-refractivity contribution in [1.29, 1.82) is 5.26 Å². The van der Waals surface area contributed by atoms with Crippen LogP contribution in [0.4, 0.5) is 0 Å². The van der Waals surface area contributed by atoms with Crippen molar-refractivity contribution in [2.24, 2.45) is 5.41 Å². The molecule has 4 atom stereocenters. The van der Waals surface area contributed by atoms with Crippen LogP contribution in [-0.4, -0.2) is 44.3 Å². The van der Waals surface area contributed by atoms with Crippen LogP contribution in [-0.2, 0) is 28.6 Å². The highest BCUT2D eigenvalue weighted by atomic mass is 35.5. The van der Waals surface area contributed by atoms with Crippen molar-refractivity contribution in [2.45, 2.75) is 38.8 Å². The number of halogens is 1. The first-order chi connectivity index (χ1) is 14.2. The molecule has 0 saturated carbocycles. The summed E-state index contributed by atoms with van der Waals surface area (Å²) in [7, 11) is 2.32. The monoisotopic (exact) mass is 434 g/mol. The van der Waals surface area contributed by atoms with Crippen LogP contribution in [0, 0.1) is 16.7 Å². The molecule has 1 aliphatic heterocycles. The molecule has 0 spiro atoms. The van der Waals surface area contributed by atoms with Gasteiger partial charge in [-0.2, -0.15) is 5.26 Å². The van der Waals surface area contributed by atoms with Gasteiger partial charge < -0.3 is 19.5 Å². The van der Waals surface area contributed by atoms with Crippen LogP contribution >= 0.6 is 11.6 Å². The van der Waals surface area contributed by atoms with Crippen molar-refractivity contribution >= 4 is 29.5 Å². The van der Waals surface area contributed by atoms with Crippen molar-refractivity contribution in [3.63, 3.8) is 0 Å². The van der Waals surface area contributed by atoms with Crippen molar-refractivity contribution in [3.05, 3.63) is 46.1 Å². The molecule has 0 fully saturated rings. The molecule has 8 nitrogen and oxygen atoms in total. The summed E-state index contributed by atoms with van der Waals surface area (Å²) in [4.78, 5) is 39.4. The van der Waals surface area contributed by atoms with Gasteiger partial charge >= 0.3 is 17.9 Å². The summed E-state index contributed by atoms with van der Waals surface area (Å²) in [5, 5.41) is 12.3. The second-order valence-corrected chi connectivity index (χ2v) is 7.30. The average Bonchev–Trinajstić information content (AvgIpc) is 2.72. The summed E-state index contributed by atoms with van der Waals surface area (Å²) in [5.41, 5.74) is -1.25. The number of nitrogens with zero attached hydrogens (tertiary/aromatic N) is 1. The molecule has 0 aliphatic carbocycles. The van der Waals surface area contributed by atoms with Crippen LogP contribution in [0.3, 0.4) is 0 Å². The number of nitrogens with one attached hydrogen (secondary N) is 1. The number of benzene rings is 1. The van der Waals surface area contributed by atoms with E-state index >= 15 is 0 Å². The van der Waals surface area contributed by atoms with Gasteiger partial charge in [-0.3, -0.25) is 9.59 Å². The third kappa shape index (κ3) is 3.73. The van der Waals surface area contributed by atoms with Gasteiger partial charge in [-0.05, 0) is 32.4 Å². The first-order valence-electron chi connectivity index (χ1n) is 9.15. The highest BCUT2D eigenvalue weighted by Gasteiger charge is 2.64. The predicted molar refractivity (Wildman–Crippen MR) is 107 cm³/mol. The van der Waals surface area contributed by atoms with E-state index in [9.17, 15) is 14.4 Å². The summed E-state index contributed by atoms with van der Waals surface area (Å²) < 4.78 is 15.2. The Hall–Kier alpha value is -3.05. The minimum atomic E-state index is -2.05. The lowest BCUT2D eigenvalue weighted by molar-refractivity contribution is -0.176. The highest BCUT2D eigenvalue weighted by Crippen LogP contribution is 2.51.